The average molecular weight is 231 g/mol. The first kappa shape index (κ1) is 12.0. The van der Waals surface area contributed by atoms with Crippen LogP contribution in [0.2, 0.25) is 0 Å². The van der Waals surface area contributed by atoms with E-state index in [4.69, 9.17) is 5.26 Å². The Morgan fingerprint density at radius 3 is 3.18 bits per heavy atom. The Hall–Kier alpha value is -1.44. The van der Waals surface area contributed by atoms with Crippen molar-refractivity contribution >= 4 is 0 Å². The molecule has 0 spiro atoms. The number of rotatable bonds is 3. The maximum atomic E-state index is 9.33. The van der Waals surface area contributed by atoms with Gasteiger partial charge >= 0.3 is 0 Å². The van der Waals surface area contributed by atoms with E-state index < -0.39 is 0 Å². The van der Waals surface area contributed by atoms with Crippen molar-refractivity contribution in [3.8, 4) is 6.07 Å². The van der Waals surface area contributed by atoms with E-state index in [1.807, 2.05) is 12.1 Å². The molecule has 0 radical (unpaired) electrons. The number of hydrogen-bond acceptors (Lipinski definition) is 4. The highest BCUT2D eigenvalue weighted by Crippen LogP contribution is 2.19. The number of aliphatic hydroxyl groups excluding tert-OH is 1. The highest BCUT2D eigenvalue weighted by Gasteiger charge is 2.21. The Balaban J connectivity index is 2.06. The lowest BCUT2D eigenvalue weighted by Crippen LogP contribution is -2.41. The maximum absolute atomic E-state index is 9.33. The van der Waals surface area contributed by atoms with Gasteiger partial charge in [0.05, 0.1) is 6.61 Å². The molecule has 0 bridgehead atoms. The maximum Gasteiger partial charge on any atom is 0.140 e. The minimum absolute atomic E-state index is 0.218. The average Bonchev–Trinajstić information content (AvgIpc) is 2.39. The van der Waals surface area contributed by atoms with E-state index >= 15 is 0 Å². The number of aromatic nitrogens is 1. The minimum atomic E-state index is 0.218. The van der Waals surface area contributed by atoms with Crippen LogP contribution >= 0.6 is 0 Å². The number of pyridine rings is 1. The summed E-state index contributed by atoms with van der Waals surface area (Å²) in [6.45, 7) is 2.04. The summed E-state index contributed by atoms with van der Waals surface area (Å²) in [6, 6.07) is 6.07. The van der Waals surface area contributed by atoms with Gasteiger partial charge in [-0.05, 0) is 37.1 Å². The van der Waals surface area contributed by atoms with Crippen molar-refractivity contribution in [3.05, 3.63) is 29.6 Å². The first-order valence-corrected chi connectivity index (χ1v) is 6.03. The number of aliphatic hydroxyl groups is 1. The van der Waals surface area contributed by atoms with Crippen LogP contribution in [0.5, 0.6) is 0 Å². The van der Waals surface area contributed by atoms with Gasteiger partial charge in [-0.15, -0.1) is 0 Å². The van der Waals surface area contributed by atoms with Crippen LogP contribution in [0.4, 0.5) is 0 Å². The molecule has 4 nitrogen and oxygen atoms in total. The predicted octanol–water partition coefficient (Wildman–Crippen LogP) is 1.30. The summed E-state index contributed by atoms with van der Waals surface area (Å²) in [5.41, 5.74) is 1.55. The van der Waals surface area contributed by atoms with Crippen LogP contribution < -0.4 is 0 Å². The molecule has 1 aliphatic heterocycles. The van der Waals surface area contributed by atoms with Gasteiger partial charge in [-0.2, -0.15) is 5.26 Å². The Morgan fingerprint density at radius 2 is 2.41 bits per heavy atom. The van der Waals surface area contributed by atoms with Crippen molar-refractivity contribution in [1.82, 2.24) is 9.88 Å². The summed E-state index contributed by atoms with van der Waals surface area (Å²) < 4.78 is 0. The van der Waals surface area contributed by atoms with E-state index in [0.717, 1.165) is 25.1 Å². The number of nitriles is 1. The highest BCUT2D eigenvalue weighted by atomic mass is 16.3. The van der Waals surface area contributed by atoms with Gasteiger partial charge in [-0.3, -0.25) is 4.90 Å². The molecule has 0 amide bonds. The Kier molecular flexibility index (Phi) is 4.08. The predicted molar refractivity (Wildman–Crippen MR) is 64.1 cm³/mol. The van der Waals surface area contributed by atoms with Crippen LogP contribution in [0.15, 0.2) is 18.3 Å². The van der Waals surface area contributed by atoms with E-state index in [-0.39, 0.29) is 12.6 Å². The third-order valence-electron chi connectivity index (χ3n) is 3.28. The molecule has 0 saturated carbocycles. The monoisotopic (exact) mass is 231 g/mol. The molecule has 1 N–H and O–H groups in total. The molecule has 1 aliphatic rings. The van der Waals surface area contributed by atoms with Gasteiger partial charge in [0.15, 0.2) is 0 Å². The second kappa shape index (κ2) is 5.76. The van der Waals surface area contributed by atoms with Gasteiger partial charge in [-0.1, -0.05) is 6.42 Å². The lowest BCUT2D eigenvalue weighted by molar-refractivity contribution is 0.0841. The molecule has 1 unspecified atom stereocenters. The van der Waals surface area contributed by atoms with Gasteiger partial charge in [0.2, 0.25) is 0 Å². The molecule has 0 aliphatic carbocycles. The molecular formula is C13H17N3O. The van der Waals surface area contributed by atoms with E-state index in [9.17, 15) is 5.11 Å². The fourth-order valence-electron chi connectivity index (χ4n) is 2.34. The standard InChI is InChI=1S/C13H17N3O/c14-8-12-7-11(4-5-15-12)9-16-6-2-1-3-13(16)10-17/h4-5,7,13,17H,1-3,6,9-10H2. The van der Waals surface area contributed by atoms with Crippen molar-refractivity contribution in [1.29, 1.82) is 5.26 Å². The van der Waals surface area contributed by atoms with Crippen LogP contribution in [-0.4, -0.2) is 34.2 Å². The van der Waals surface area contributed by atoms with Crippen molar-refractivity contribution in [2.24, 2.45) is 0 Å². The zero-order chi connectivity index (χ0) is 12.1. The second-order valence-corrected chi connectivity index (χ2v) is 4.46. The van der Waals surface area contributed by atoms with E-state index in [1.165, 1.54) is 12.8 Å². The third-order valence-corrected chi connectivity index (χ3v) is 3.28. The quantitative estimate of drug-likeness (QED) is 0.851. The molecule has 0 aromatic carbocycles. The van der Waals surface area contributed by atoms with Crippen LogP contribution in [-0.2, 0) is 6.54 Å². The van der Waals surface area contributed by atoms with Crippen LogP contribution in [0.3, 0.4) is 0 Å². The fraction of sp³-hybridized carbons (Fsp3) is 0.538. The lowest BCUT2D eigenvalue weighted by atomic mass is 10.0. The van der Waals surface area contributed by atoms with Crippen molar-refractivity contribution in [3.63, 3.8) is 0 Å². The fourth-order valence-corrected chi connectivity index (χ4v) is 2.34. The molecule has 2 rings (SSSR count). The Bertz CT molecular complexity index is 413. The zero-order valence-electron chi connectivity index (χ0n) is 9.84. The lowest BCUT2D eigenvalue weighted by Gasteiger charge is -2.34. The summed E-state index contributed by atoms with van der Waals surface area (Å²) >= 11 is 0. The van der Waals surface area contributed by atoms with Gasteiger partial charge in [-0.25, -0.2) is 4.98 Å². The van der Waals surface area contributed by atoms with Crippen molar-refractivity contribution in [2.45, 2.75) is 31.8 Å². The van der Waals surface area contributed by atoms with Crippen molar-refractivity contribution in [2.75, 3.05) is 13.2 Å². The smallest absolute Gasteiger partial charge is 0.140 e. The summed E-state index contributed by atoms with van der Waals surface area (Å²) in [7, 11) is 0. The number of likely N-dealkylation sites (tertiary alicyclic amines) is 1. The first-order chi connectivity index (χ1) is 8.33. The summed E-state index contributed by atoms with van der Waals surface area (Å²) in [5.74, 6) is 0. The van der Waals surface area contributed by atoms with Crippen molar-refractivity contribution < 1.29 is 5.11 Å². The van der Waals surface area contributed by atoms with Gasteiger partial charge < -0.3 is 5.11 Å². The molecule has 2 heterocycles. The van der Waals surface area contributed by atoms with E-state index in [2.05, 4.69) is 16.0 Å². The molecular weight excluding hydrogens is 214 g/mol. The topological polar surface area (TPSA) is 60.2 Å². The molecule has 4 heteroatoms. The van der Waals surface area contributed by atoms with Gasteiger partial charge in [0, 0.05) is 18.8 Å². The minimum Gasteiger partial charge on any atom is -0.395 e. The van der Waals surface area contributed by atoms with Crippen LogP contribution in [0, 0.1) is 11.3 Å². The second-order valence-electron chi connectivity index (χ2n) is 4.46. The summed E-state index contributed by atoms with van der Waals surface area (Å²) in [5, 5.41) is 18.1. The number of piperidine rings is 1. The van der Waals surface area contributed by atoms with E-state index in [1.54, 1.807) is 6.20 Å². The molecule has 1 saturated heterocycles. The molecule has 17 heavy (non-hydrogen) atoms. The SMILES string of the molecule is N#Cc1cc(CN2CCCCC2CO)ccn1. The molecule has 1 aromatic heterocycles. The summed E-state index contributed by atoms with van der Waals surface area (Å²) in [4.78, 5) is 6.25. The van der Waals surface area contributed by atoms with Crippen LogP contribution in [0.1, 0.15) is 30.5 Å². The first-order valence-electron chi connectivity index (χ1n) is 6.03. The Labute approximate surface area is 102 Å². The Morgan fingerprint density at radius 1 is 1.53 bits per heavy atom. The van der Waals surface area contributed by atoms with Crippen LogP contribution in [0.25, 0.3) is 0 Å². The molecule has 1 aromatic rings. The van der Waals surface area contributed by atoms with Gasteiger partial charge in [0.1, 0.15) is 11.8 Å². The highest BCUT2D eigenvalue weighted by molar-refractivity contribution is 5.25. The van der Waals surface area contributed by atoms with E-state index in [0.29, 0.717) is 5.69 Å². The number of nitrogens with zero attached hydrogens (tertiary/aromatic N) is 3. The van der Waals surface area contributed by atoms with Gasteiger partial charge in [0.25, 0.3) is 0 Å². The number of hydrogen-bond donors (Lipinski definition) is 1. The molecule has 1 fully saturated rings. The largest absolute Gasteiger partial charge is 0.395 e. The third kappa shape index (κ3) is 3.02. The zero-order valence-corrected chi connectivity index (χ0v) is 9.84. The molecule has 1 atom stereocenters. The molecule has 90 valence electrons. The summed E-state index contributed by atoms with van der Waals surface area (Å²) in [6.07, 6.45) is 5.12. The normalized spacial score (nSPS) is 21.1.